The molecule has 1 aliphatic heterocycles. The molecule has 4 rings (SSSR count). The van der Waals surface area contributed by atoms with E-state index >= 15 is 0 Å². The molecule has 3 amide bonds. The van der Waals surface area contributed by atoms with Gasteiger partial charge in [-0.1, -0.05) is 18.2 Å². The molecule has 1 saturated heterocycles. The number of nitrogens with zero attached hydrogens (tertiary/aromatic N) is 4. The summed E-state index contributed by atoms with van der Waals surface area (Å²) in [5, 5.41) is 11.9. The van der Waals surface area contributed by atoms with Crippen LogP contribution in [-0.2, 0) is 6.54 Å². The van der Waals surface area contributed by atoms with E-state index in [9.17, 15) is 14.0 Å². The fourth-order valence-electron chi connectivity index (χ4n) is 4.76. The minimum absolute atomic E-state index is 0.222. The molecular weight excluding hydrogens is 541 g/mol. The molecule has 1 fully saturated rings. The molecule has 1 N–H and O–H groups in total. The van der Waals surface area contributed by atoms with E-state index in [1.165, 1.54) is 33.5 Å². The lowest BCUT2D eigenvalue weighted by Gasteiger charge is -2.36. The van der Waals surface area contributed by atoms with Gasteiger partial charge >= 0.3 is 6.03 Å². The van der Waals surface area contributed by atoms with Crippen molar-refractivity contribution in [3.05, 3.63) is 83.2 Å². The summed E-state index contributed by atoms with van der Waals surface area (Å²) in [4.78, 5) is 32.2. The van der Waals surface area contributed by atoms with Gasteiger partial charge in [-0.05, 0) is 48.0 Å². The number of nitrogens with one attached hydrogen (secondary N) is 1. The van der Waals surface area contributed by atoms with Gasteiger partial charge in [-0.3, -0.25) is 9.69 Å². The second kappa shape index (κ2) is 14.2. The van der Waals surface area contributed by atoms with Crippen LogP contribution in [0.3, 0.4) is 0 Å². The monoisotopic (exact) mass is 575 g/mol. The van der Waals surface area contributed by atoms with Crippen LogP contribution in [0, 0.1) is 17.1 Å². The van der Waals surface area contributed by atoms with Crippen LogP contribution in [0.2, 0.25) is 0 Å². The lowest BCUT2D eigenvalue weighted by molar-refractivity contribution is 0.0703. The van der Waals surface area contributed by atoms with E-state index in [0.717, 1.165) is 5.56 Å². The van der Waals surface area contributed by atoms with Crippen molar-refractivity contribution in [2.24, 2.45) is 0 Å². The van der Waals surface area contributed by atoms with Crippen molar-refractivity contribution >= 4 is 17.6 Å². The maximum Gasteiger partial charge on any atom is 0.321 e. The van der Waals surface area contributed by atoms with Gasteiger partial charge in [0.2, 0.25) is 5.75 Å². The number of urea groups is 1. The third kappa shape index (κ3) is 7.47. The summed E-state index contributed by atoms with van der Waals surface area (Å²) in [6.45, 7) is 3.56. The van der Waals surface area contributed by atoms with Crippen molar-refractivity contribution in [3.63, 3.8) is 0 Å². The molecule has 3 aromatic carbocycles. The highest BCUT2D eigenvalue weighted by Gasteiger charge is 2.25. The van der Waals surface area contributed by atoms with Gasteiger partial charge in [-0.15, -0.1) is 0 Å². The molecule has 42 heavy (non-hydrogen) atoms. The third-order valence-electron chi connectivity index (χ3n) is 7.07. The summed E-state index contributed by atoms with van der Waals surface area (Å²) in [7, 11) is 4.48. The average Bonchev–Trinajstić information content (AvgIpc) is 3.03. The Balaban J connectivity index is 1.42. The zero-order valence-corrected chi connectivity index (χ0v) is 23.9. The summed E-state index contributed by atoms with van der Waals surface area (Å²) in [5.41, 5.74) is 2.21. The van der Waals surface area contributed by atoms with E-state index in [0.29, 0.717) is 73.3 Å². The first kappa shape index (κ1) is 30.1. The van der Waals surface area contributed by atoms with Gasteiger partial charge in [0.25, 0.3) is 5.91 Å². The van der Waals surface area contributed by atoms with Crippen molar-refractivity contribution in [1.82, 2.24) is 14.7 Å². The molecule has 0 unspecified atom stereocenters. The molecule has 0 bridgehead atoms. The Bertz CT molecular complexity index is 1410. The molecular formula is C31H34FN5O5. The van der Waals surface area contributed by atoms with E-state index in [4.69, 9.17) is 19.5 Å². The fourth-order valence-corrected chi connectivity index (χ4v) is 4.76. The molecule has 0 atom stereocenters. The van der Waals surface area contributed by atoms with Gasteiger partial charge < -0.3 is 29.3 Å². The Morgan fingerprint density at radius 1 is 0.952 bits per heavy atom. The maximum absolute atomic E-state index is 13.8. The molecule has 0 aliphatic carbocycles. The second-order valence-corrected chi connectivity index (χ2v) is 9.72. The van der Waals surface area contributed by atoms with E-state index in [-0.39, 0.29) is 24.3 Å². The van der Waals surface area contributed by atoms with Crippen LogP contribution in [0.5, 0.6) is 17.2 Å². The van der Waals surface area contributed by atoms with E-state index in [1.54, 1.807) is 58.3 Å². The smallest absolute Gasteiger partial charge is 0.321 e. The predicted molar refractivity (Wildman–Crippen MR) is 155 cm³/mol. The lowest BCUT2D eigenvalue weighted by atomic mass is 10.1. The number of carbonyl (C=O) groups excluding carboxylic acids is 2. The summed E-state index contributed by atoms with van der Waals surface area (Å²) in [6.07, 6.45) is 0. The number of piperazine rings is 1. The van der Waals surface area contributed by atoms with Crippen LogP contribution in [0.4, 0.5) is 14.9 Å². The Hall–Kier alpha value is -4.82. The minimum atomic E-state index is -0.346. The van der Waals surface area contributed by atoms with Crippen LogP contribution < -0.4 is 19.5 Å². The summed E-state index contributed by atoms with van der Waals surface area (Å²) < 4.78 is 29.8. The summed E-state index contributed by atoms with van der Waals surface area (Å²) in [5.74, 6) is 0.546. The topological polar surface area (TPSA) is 107 Å². The quantitative estimate of drug-likeness (QED) is 0.386. The van der Waals surface area contributed by atoms with Crippen LogP contribution in [0.25, 0.3) is 0 Å². The molecule has 11 heteroatoms. The molecule has 0 saturated carbocycles. The maximum atomic E-state index is 13.8. The van der Waals surface area contributed by atoms with Crippen molar-refractivity contribution in [2.45, 2.75) is 6.54 Å². The molecule has 10 nitrogen and oxygen atoms in total. The van der Waals surface area contributed by atoms with Crippen molar-refractivity contribution in [2.75, 3.05) is 65.9 Å². The van der Waals surface area contributed by atoms with Crippen molar-refractivity contribution < 1.29 is 28.2 Å². The zero-order chi connectivity index (χ0) is 30.1. The SMILES string of the molecule is COc1cc(C(=O)N(CCN2CCN(C(=O)Nc3cccc(C#N)c3)CC2)Cc2ccc(F)cc2)cc(OC)c1OC. The highest BCUT2D eigenvalue weighted by molar-refractivity contribution is 5.95. The number of hydrogen-bond acceptors (Lipinski definition) is 7. The number of anilines is 1. The van der Waals surface area contributed by atoms with Gasteiger partial charge in [0.1, 0.15) is 5.82 Å². The second-order valence-electron chi connectivity index (χ2n) is 9.72. The van der Waals surface area contributed by atoms with Crippen LogP contribution >= 0.6 is 0 Å². The van der Waals surface area contributed by atoms with Gasteiger partial charge in [0, 0.05) is 57.1 Å². The molecule has 3 aromatic rings. The third-order valence-corrected chi connectivity index (χ3v) is 7.07. The largest absolute Gasteiger partial charge is 0.493 e. The number of amides is 3. The summed E-state index contributed by atoms with van der Waals surface area (Å²) >= 11 is 0. The van der Waals surface area contributed by atoms with E-state index < -0.39 is 0 Å². The Labute approximate surface area is 244 Å². The molecule has 220 valence electrons. The van der Waals surface area contributed by atoms with Gasteiger partial charge in [-0.25, -0.2) is 9.18 Å². The van der Waals surface area contributed by atoms with Gasteiger partial charge in [0.15, 0.2) is 11.5 Å². The number of rotatable bonds is 10. The Morgan fingerprint density at radius 2 is 1.62 bits per heavy atom. The van der Waals surface area contributed by atoms with Gasteiger partial charge in [-0.2, -0.15) is 5.26 Å². The number of methoxy groups -OCH3 is 3. The minimum Gasteiger partial charge on any atom is -0.493 e. The molecule has 0 spiro atoms. The van der Waals surface area contributed by atoms with Crippen molar-refractivity contribution in [1.29, 1.82) is 5.26 Å². The first-order valence-electron chi connectivity index (χ1n) is 13.5. The number of halogens is 1. The van der Waals surface area contributed by atoms with Crippen LogP contribution in [0.15, 0.2) is 60.7 Å². The van der Waals surface area contributed by atoms with Gasteiger partial charge in [0.05, 0.1) is 33.0 Å². The zero-order valence-electron chi connectivity index (χ0n) is 23.9. The highest BCUT2D eigenvalue weighted by atomic mass is 19.1. The number of nitriles is 1. The first-order chi connectivity index (χ1) is 20.3. The molecule has 0 aromatic heterocycles. The van der Waals surface area contributed by atoms with Crippen molar-refractivity contribution in [3.8, 4) is 23.3 Å². The van der Waals surface area contributed by atoms with E-state index in [1.807, 2.05) is 0 Å². The normalized spacial score (nSPS) is 13.2. The standard InChI is InChI=1S/C31H34FN5O5/c1-40-27-18-24(19-28(41-2)29(27)42-3)30(38)37(21-22-7-9-25(32)10-8-22)16-13-35-11-14-36(15-12-35)31(39)34-26-6-4-5-23(17-26)20-33/h4-10,17-19H,11-16,21H2,1-3H3,(H,34,39). The first-order valence-corrected chi connectivity index (χ1v) is 13.5. The van der Waals surface area contributed by atoms with E-state index in [2.05, 4.69) is 16.3 Å². The molecule has 0 radical (unpaired) electrons. The predicted octanol–water partition coefficient (Wildman–Crippen LogP) is 4.22. The average molecular weight is 576 g/mol. The number of hydrogen-bond donors (Lipinski definition) is 1. The number of carbonyl (C=O) groups is 2. The number of benzene rings is 3. The van der Waals surface area contributed by atoms with Crippen LogP contribution in [-0.4, -0.2) is 87.2 Å². The molecule has 1 heterocycles. The Morgan fingerprint density at radius 3 is 2.21 bits per heavy atom. The fraction of sp³-hybridized carbons (Fsp3) is 0.323. The number of ether oxygens (including phenoxy) is 3. The van der Waals surface area contributed by atoms with Crippen LogP contribution in [0.1, 0.15) is 21.5 Å². The summed E-state index contributed by atoms with van der Waals surface area (Å²) in [6, 6.07) is 17.9. The lowest BCUT2D eigenvalue weighted by Crippen LogP contribution is -2.51. The molecule has 1 aliphatic rings. The Kier molecular flexibility index (Phi) is 10.2. The highest BCUT2D eigenvalue weighted by Crippen LogP contribution is 2.38.